The van der Waals surface area contributed by atoms with Crippen LogP contribution in [-0.4, -0.2) is 17.0 Å². The molecule has 0 aliphatic carbocycles. The van der Waals surface area contributed by atoms with Crippen LogP contribution in [0.2, 0.25) is 0 Å². The van der Waals surface area contributed by atoms with Crippen molar-refractivity contribution in [3.63, 3.8) is 0 Å². The maximum Gasteiger partial charge on any atom is 0.303 e. The molecule has 0 aromatic heterocycles. The van der Waals surface area contributed by atoms with E-state index in [1.807, 2.05) is 0 Å². The average Bonchev–Trinajstić information content (AvgIpc) is 2.32. The summed E-state index contributed by atoms with van der Waals surface area (Å²) in [6.07, 6.45) is 0.146. The number of carbonyl (C=O) groups excluding carboxylic acids is 1. The number of hydrogen-bond acceptors (Lipinski definition) is 2. The summed E-state index contributed by atoms with van der Waals surface area (Å²) in [4.78, 5) is 22.2. The van der Waals surface area contributed by atoms with Crippen LogP contribution in [0.15, 0.2) is 12.1 Å². The average molecular weight is 281 g/mol. The Kier molecular flexibility index (Phi) is 5.67. The number of halogens is 1. The number of amides is 1. The predicted molar refractivity (Wildman–Crippen MR) is 73.8 cm³/mol. The number of carboxylic acid groups (broad SMARTS) is 1. The van der Waals surface area contributed by atoms with E-state index in [9.17, 15) is 14.0 Å². The number of nitrogens with one attached hydrogen (secondary N) is 1. The fourth-order valence-corrected chi connectivity index (χ4v) is 2.10. The molecule has 1 amide bonds. The van der Waals surface area contributed by atoms with Crippen LogP contribution in [0.25, 0.3) is 0 Å². The van der Waals surface area contributed by atoms with Gasteiger partial charge in [-0.15, -0.1) is 0 Å². The van der Waals surface area contributed by atoms with E-state index in [4.69, 9.17) is 5.11 Å². The lowest BCUT2D eigenvalue weighted by molar-refractivity contribution is -0.138. The molecule has 0 heterocycles. The second kappa shape index (κ2) is 7.03. The van der Waals surface area contributed by atoms with Crippen molar-refractivity contribution < 1.29 is 19.1 Å². The van der Waals surface area contributed by atoms with Crippen molar-refractivity contribution in [3.05, 3.63) is 34.6 Å². The van der Waals surface area contributed by atoms with Crippen LogP contribution in [0.4, 0.5) is 4.39 Å². The van der Waals surface area contributed by atoms with Crippen LogP contribution < -0.4 is 5.32 Å². The molecule has 1 aromatic rings. The maximum atomic E-state index is 13.5. The van der Waals surface area contributed by atoms with E-state index in [-0.39, 0.29) is 30.5 Å². The molecule has 2 N–H and O–H groups in total. The number of carboxylic acids is 1. The summed E-state index contributed by atoms with van der Waals surface area (Å²) < 4.78 is 13.5. The first-order valence-corrected chi connectivity index (χ1v) is 6.53. The van der Waals surface area contributed by atoms with Crippen molar-refractivity contribution in [1.29, 1.82) is 0 Å². The van der Waals surface area contributed by atoms with E-state index in [0.29, 0.717) is 17.7 Å². The molecule has 4 nitrogen and oxygen atoms in total. The van der Waals surface area contributed by atoms with E-state index >= 15 is 0 Å². The van der Waals surface area contributed by atoms with Gasteiger partial charge in [-0.05, 0) is 36.5 Å². The molecule has 1 unspecified atom stereocenters. The SMILES string of the molecule is Cc1cc(CNC(=O)CC(C)CC(=O)O)cc(C)c1F. The summed E-state index contributed by atoms with van der Waals surface area (Å²) in [5.74, 6) is -1.53. The number of hydrogen-bond donors (Lipinski definition) is 2. The van der Waals surface area contributed by atoms with Crippen LogP contribution in [0.3, 0.4) is 0 Å². The third kappa shape index (κ3) is 4.99. The van der Waals surface area contributed by atoms with Gasteiger partial charge in [-0.25, -0.2) is 4.39 Å². The van der Waals surface area contributed by atoms with Gasteiger partial charge in [-0.3, -0.25) is 9.59 Å². The lowest BCUT2D eigenvalue weighted by Gasteiger charge is -2.11. The van der Waals surface area contributed by atoms with Crippen LogP contribution in [0.5, 0.6) is 0 Å². The van der Waals surface area contributed by atoms with E-state index in [1.54, 1.807) is 32.9 Å². The fraction of sp³-hybridized carbons (Fsp3) is 0.467. The van der Waals surface area contributed by atoms with E-state index in [0.717, 1.165) is 5.56 Å². The van der Waals surface area contributed by atoms with Crippen molar-refractivity contribution in [1.82, 2.24) is 5.32 Å². The van der Waals surface area contributed by atoms with Crippen LogP contribution in [0, 0.1) is 25.6 Å². The Hall–Kier alpha value is -1.91. The predicted octanol–water partition coefficient (Wildman–Crippen LogP) is 2.56. The van der Waals surface area contributed by atoms with Crippen molar-refractivity contribution in [2.75, 3.05) is 0 Å². The Morgan fingerprint density at radius 1 is 1.25 bits per heavy atom. The van der Waals surface area contributed by atoms with Gasteiger partial charge in [-0.2, -0.15) is 0 Å². The first kappa shape index (κ1) is 16.1. The summed E-state index contributed by atoms with van der Waals surface area (Å²) in [5.41, 5.74) is 1.93. The summed E-state index contributed by atoms with van der Waals surface area (Å²) in [7, 11) is 0. The minimum Gasteiger partial charge on any atom is -0.481 e. The lowest BCUT2D eigenvalue weighted by Crippen LogP contribution is -2.25. The molecule has 1 rings (SSSR count). The first-order valence-electron chi connectivity index (χ1n) is 6.53. The summed E-state index contributed by atoms with van der Waals surface area (Å²) in [6.45, 7) is 5.41. The van der Waals surface area contributed by atoms with Gasteiger partial charge in [0, 0.05) is 19.4 Å². The standard InChI is InChI=1S/C15H20FNO3/c1-9(5-14(19)20)4-13(18)17-8-12-6-10(2)15(16)11(3)7-12/h6-7,9H,4-5,8H2,1-3H3,(H,17,18)(H,19,20). The molecule has 0 aliphatic heterocycles. The lowest BCUT2D eigenvalue weighted by atomic mass is 10.0. The molecule has 5 heteroatoms. The smallest absolute Gasteiger partial charge is 0.303 e. The van der Waals surface area contributed by atoms with Crippen molar-refractivity contribution in [3.8, 4) is 0 Å². The third-order valence-electron chi connectivity index (χ3n) is 3.04. The molecule has 0 radical (unpaired) electrons. The highest BCUT2D eigenvalue weighted by Crippen LogP contribution is 2.14. The normalized spacial score (nSPS) is 12.0. The molecule has 0 spiro atoms. The Labute approximate surface area is 118 Å². The van der Waals surface area contributed by atoms with Gasteiger partial charge < -0.3 is 10.4 Å². The number of rotatable bonds is 6. The maximum absolute atomic E-state index is 13.5. The Morgan fingerprint density at radius 3 is 2.30 bits per heavy atom. The summed E-state index contributed by atoms with van der Waals surface area (Å²) in [6, 6.07) is 3.40. The number of aliphatic carboxylic acids is 1. The molecule has 0 saturated carbocycles. The monoisotopic (exact) mass is 281 g/mol. The van der Waals surface area contributed by atoms with Gasteiger partial charge >= 0.3 is 5.97 Å². The van der Waals surface area contributed by atoms with Gasteiger partial charge in [0.25, 0.3) is 0 Å². The van der Waals surface area contributed by atoms with Gasteiger partial charge in [0.1, 0.15) is 5.82 Å². The van der Waals surface area contributed by atoms with Gasteiger partial charge in [0.15, 0.2) is 0 Å². The van der Waals surface area contributed by atoms with Crippen molar-refractivity contribution in [2.45, 2.75) is 40.2 Å². The van der Waals surface area contributed by atoms with Crippen LogP contribution in [-0.2, 0) is 16.1 Å². The van der Waals surface area contributed by atoms with Gasteiger partial charge in [0.2, 0.25) is 5.91 Å². The molecule has 0 fully saturated rings. The quantitative estimate of drug-likeness (QED) is 0.842. The van der Waals surface area contributed by atoms with Gasteiger partial charge in [-0.1, -0.05) is 19.1 Å². The highest BCUT2D eigenvalue weighted by molar-refractivity contribution is 5.77. The van der Waals surface area contributed by atoms with Crippen LogP contribution in [0.1, 0.15) is 36.5 Å². The molecule has 0 bridgehead atoms. The highest BCUT2D eigenvalue weighted by Gasteiger charge is 2.12. The van der Waals surface area contributed by atoms with E-state index < -0.39 is 5.97 Å². The zero-order valence-electron chi connectivity index (χ0n) is 12.0. The van der Waals surface area contributed by atoms with E-state index in [1.165, 1.54) is 0 Å². The largest absolute Gasteiger partial charge is 0.481 e. The molecule has 1 atom stereocenters. The number of aryl methyl sites for hydroxylation is 2. The zero-order valence-corrected chi connectivity index (χ0v) is 12.0. The molecular weight excluding hydrogens is 261 g/mol. The summed E-state index contributed by atoms with van der Waals surface area (Å²) >= 11 is 0. The number of benzene rings is 1. The molecular formula is C15H20FNO3. The zero-order chi connectivity index (χ0) is 15.3. The van der Waals surface area contributed by atoms with Gasteiger partial charge in [0.05, 0.1) is 0 Å². The fourth-order valence-electron chi connectivity index (χ4n) is 2.10. The second-order valence-corrected chi connectivity index (χ2v) is 5.23. The Morgan fingerprint density at radius 2 is 1.80 bits per heavy atom. The topological polar surface area (TPSA) is 66.4 Å². The molecule has 0 aliphatic rings. The second-order valence-electron chi connectivity index (χ2n) is 5.23. The minimum atomic E-state index is -0.907. The highest BCUT2D eigenvalue weighted by atomic mass is 19.1. The Balaban J connectivity index is 2.51. The van der Waals surface area contributed by atoms with Crippen molar-refractivity contribution in [2.24, 2.45) is 5.92 Å². The van der Waals surface area contributed by atoms with E-state index in [2.05, 4.69) is 5.32 Å². The molecule has 0 saturated heterocycles. The minimum absolute atomic E-state index is 0.0256. The first-order chi connectivity index (χ1) is 9.29. The summed E-state index contributed by atoms with van der Waals surface area (Å²) in [5, 5.41) is 11.3. The molecule has 20 heavy (non-hydrogen) atoms. The van der Waals surface area contributed by atoms with Crippen LogP contribution >= 0.6 is 0 Å². The third-order valence-corrected chi connectivity index (χ3v) is 3.04. The molecule has 1 aromatic carbocycles. The number of carbonyl (C=O) groups is 2. The van der Waals surface area contributed by atoms with Crippen molar-refractivity contribution >= 4 is 11.9 Å². The Bertz CT molecular complexity index is 491. The molecule has 110 valence electrons.